The maximum Gasteiger partial charge on any atom is 0.308 e. The molecule has 0 heterocycles. The Labute approximate surface area is 240 Å². The number of carboxylic acid groups (broad SMARTS) is 1. The topological polar surface area (TPSA) is 171 Å². The van der Waals surface area contributed by atoms with Crippen LogP contribution < -0.4 is 0 Å². The molecule has 0 aromatic carbocycles. The first kappa shape index (κ1) is 38.2. The van der Waals surface area contributed by atoms with Crippen molar-refractivity contribution in [1.29, 1.82) is 0 Å². The summed E-state index contributed by atoms with van der Waals surface area (Å²) < 4.78 is 11.0. The molecule has 0 saturated heterocycles. The Balaban J connectivity index is 4.91. The molecule has 0 radical (unpaired) electrons. The summed E-state index contributed by atoms with van der Waals surface area (Å²) in [7, 11) is 0. The van der Waals surface area contributed by atoms with Crippen LogP contribution in [0.1, 0.15) is 136 Å². The zero-order chi connectivity index (χ0) is 30.3. The smallest absolute Gasteiger partial charge is 0.308 e. The minimum absolute atomic E-state index is 0.00470. The maximum absolute atomic E-state index is 12.6. The number of aliphatic hydroxyl groups excluding tert-OH is 4. The molecule has 10 heteroatoms. The number of carbonyl (C=O) groups is 3. The molecule has 6 atom stereocenters. The molecule has 0 aromatic heterocycles. The van der Waals surface area contributed by atoms with Crippen LogP contribution in [0.3, 0.4) is 0 Å². The third kappa shape index (κ3) is 22.0. The van der Waals surface area contributed by atoms with Gasteiger partial charge in [0.1, 0.15) is 12.2 Å². The van der Waals surface area contributed by atoms with Gasteiger partial charge in [-0.1, -0.05) is 65.7 Å². The van der Waals surface area contributed by atoms with Crippen LogP contribution in [0.25, 0.3) is 0 Å². The normalized spacial score (nSPS) is 16.0. The molecule has 0 spiro atoms. The van der Waals surface area contributed by atoms with E-state index in [9.17, 15) is 34.8 Å². The molecule has 0 aliphatic carbocycles. The van der Waals surface area contributed by atoms with E-state index in [1.54, 1.807) is 0 Å². The van der Waals surface area contributed by atoms with Crippen molar-refractivity contribution in [3.05, 3.63) is 0 Å². The molecule has 0 fully saturated rings. The van der Waals surface area contributed by atoms with Gasteiger partial charge in [-0.05, 0) is 38.5 Å². The predicted octanol–water partition coefficient (Wildman–Crippen LogP) is 4.42. The molecule has 0 saturated carbocycles. The molecule has 5 N–H and O–H groups in total. The minimum atomic E-state index is -1.14. The summed E-state index contributed by atoms with van der Waals surface area (Å²) >= 11 is 0. The van der Waals surface area contributed by atoms with Crippen molar-refractivity contribution >= 4 is 17.9 Å². The summed E-state index contributed by atoms with van der Waals surface area (Å²) in [5, 5.41) is 49.8. The Bertz CT molecular complexity index is 671. The SMILES string of the molecule is CCCCCC(O)CC(O)CC(=O)OC(CCCCC)CC(O)CC(=O)OC(CCCCC)CC(O)CC(=O)O. The molecule has 0 amide bonds. The van der Waals surface area contributed by atoms with Crippen LogP contribution in [0.2, 0.25) is 0 Å². The second-order valence-electron chi connectivity index (χ2n) is 11.0. The van der Waals surface area contributed by atoms with Crippen LogP contribution >= 0.6 is 0 Å². The van der Waals surface area contributed by atoms with E-state index in [4.69, 9.17) is 14.6 Å². The first-order chi connectivity index (χ1) is 19.0. The molecule has 0 rings (SSSR count). The van der Waals surface area contributed by atoms with Gasteiger partial charge in [0.15, 0.2) is 0 Å². The van der Waals surface area contributed by atoms with Gasteiger partial charge in [0, 0.05) is 12.8 Å². The molecule has 10 nitrogen and oxygen atoms in total. The van der Waals surface area contributed by atoms with Gasteiger partial charge in [-0.2, -0.15) is 0 Å². The van der Waals surface area contributed by atoms with E-state index in [-0.39, 0.29) is 32.1 Å². The van der Waals surface area contributed by atoms with Gasteiger partial charge in [0.05, 0.1) is 43.7 Å². The Hall–Kier alpha value is -1.75. The van der Waals surface area contributed by atoms with E-state index in [2.05, 4.69) is 6.92 Å². The van der Waals surface area contributed by atoms with Crippen molar-refractivity contribution in [3.63, 3.8) is 0 Å². The molecule has 0 bridgehead atoms. The van der Waals surface area contributed by atoms with Crippen molar-refractivity contribution in [2.24, 2.45) is 0 Å². The molecular formula is C30H56O10. The summed E-state index contributed by atoms with van der Waals surface area (Å²) in [6.07, 6.45) is 3.52. The zero-order valence-electron chi connectivity index (χ0n) is 25.0. The van der Waals surface area contributed by atoms with Crippen LogP contribution in [0.15, 0.2) is 0 Å². The Kier molecular flexibility index (Phi) is 22.9. The van der Waals surface area contributed by atoms with Crippen LogP contribution in [0.4, 0.5) is 0 Å². The average Bonchev–Trinajstić information content (AvgIpc) is 2.83. The monoisotopic (exact) mass is 576 g/mol. The lowest BCUT2D eigenvalue weighted by molar-refractivity contribution is -0.155. The minimum Gasteiger partial charge on any atom is -0.481 e. The second kappa shape index (κ2) is 23.9. The standard InChI is InChI=1S/C30H56O10/c1-4-7-10-13-22(31)16-23(32)20-29(37)40-27(15-12-9-6-3)18-25(34)21-30(38)39-26(14-11-8-5-2)17-24(33)19-28(35)36/h22-27,31-34H,4-21H2,1-3H3,(H,35,36). The van der Waals surface area contributed by atoms with E-state index in [1.807, 2.05) is 13.8 Å². The fraction of sp³-hybridized carbons (Fsp3) is 0.900. The van der Waals surface area contributed by atoms with Crippen molar-refractivity contribution in [2.45, 2.75) is 173 Å². The quantitative estimate of drug-likeness (QED) is 0.0733. The highest BCUT2D eigenvalue weighted by atomic mass is 16.5. The zero-order valence-corrected chi connectivity index (χ0v) is 25.0. The molecule has 0 aliphatic heterocycles. The molecule has 0 aliphatic rings. The van der Waals surface area contributed by atoms with Crippen molar-refractivity contribution in [2.75, 3.05) is 0 Å². The largest absolute Gasteiger partial charge is 0.481 e. The number of carbonyl (C=O) groups excluding carboxylic acids is 2. The highest BCUT2D eigenvalue weighted by Gasteiger charge is 2.25. The third-order valence-electron chi connectivity index (χ3n) is 6.83. The summed E-state index contributed by atoms with van der Waals surface area (Å²) in [6, 6.07) is 0. The molecule has 236 valence electrons. The first-order valence-electron chi connectivity index (χ1n) is 15.3. The second-order valence-corrected chi connectivity index (χ2v) is 11.0. The molecule has 40 heavy (non-hydrogen) atoms. The number of hydrogen-bond acceptors (Lipinski definition) is 9. The third-order valence-corrected chi connectivity index (χ3v) is 6.83. The summed E-state index contributed by atoms with van der Waals surface area (Å²) in [5.74, 6) is -2.42. The van der Waals surface area contributed by atoms with E-state index in [1.165, 1.54) is 0 Å². The number of aliphatic hydroxyl groups is 4. The van der Waals surface area contributed by atoms with Crippen molar-refractivity contribution < 1.29 is 49.4 Å². The number of rotatable bonds is 26. The fourth-order valence-electron chi connectivity index (χ4n) is 4.67. The van der Waals surface area contributed by atoms with Crippen molar-refractivity contribution in [1.82, 2.24) is 0 Å². The van der Waals surface area contributed by atoms with E-state index < -0.39 is 61.0 Å². The number of ether oxygens (including phenoxy) is 2. The van der Waals surface area contributed by atoms with Gasteiger partial charge in [-0.15, -0.1) is 0 Å². The Morgan fingerprint density at radius 3 is 1.30 bits per heavy atom. The van der Waals surface area contributed by atoms with Gasteiger partial charge in [0.25, 0.3) is 0 Å². The van der Waals surface area contributed by atoms with Crippen molar-refractivity contribution in [3.8, 4) is 0 Å². The lowest BCUT2D eigenvalue weighted by Crippen LogP contribution is -2.30. The Morgan fingerprint density at radius 2 is 0.900 bits per heavy atom. The van der Waals surface area contributed by atoms with Crippen LogP contribution in [-0.2, 0) is 23.9 Å². The van der Waals surface area contributed by atoms with Gasteiger partial charge in [0.2, 0.25) is 0 Å². The summed E-state index contributed by atoms with van der Waals surface area (Å²) in [5.41, 5.74) is 0. The number of unbranched alkanes of at least 4 members (excludes halogenated alkanes) is 6. The number of esters is 2. The van der Waals surface area contributed by atoms with Gasteiger partial charge < -0.3 is 35.0 Å². The highest BCUT2D eigenvalue weighted by Crippen LogP contribution is 2.19. The maximum atomic E-state index is 12.6. The number of carboxylic acids is 1. The lowest BCUT2D eigenvalue weighted by Gasteiger charge is -2.23. The van der Waals surface area contributed by atoms with E-state index in [0.29, 0.717) is 19.3 Å². The van der Waals surface area contributed by atoms with E-state index in [0.717, 1.165) is 57.8 Å². The highest BCUT2D eigenvalue weighted by molar-refractivity contribution is 5.71. The fourth-order valence-corrected chi connectivity index (χ4v) is 4.67. The lowest BCUT2D eigenvalue weighted by atomic mass is 10.0. The first-order valence-corrected chi connectivity index (χ1v) is 15.3. The average molecular weight is 577 g/mol. The van der Waals surface area contributed by atoms with E-state index >= 15 is 0 Å². The molecule has 0 aromatic rings. The predicted molar refractivity (Wildman–Crippen MR) is 152 cm³/mol. The Morgan fingerprint density at radius 1 is 0.525 bits per heavy atom. The molecular weight excluding hydrogens is 520 g/mol. The van der Waals surface area contributed by atoms with Gasteiger partial charge in [-0.3, -0.25) is 14.4 Å². The number of aliphatic carboxylic acids is 1. The molecule has 6 unspecified atom stereocenters. The van der Waals surface area contributed by atoms with Crippen LogP contribution in [0.5, 0.6) is 0 Å². The van der Waals surface area contributed by atoms with Crippen LogP contribution in [0, 0.1) is 0 Å². The van der Waals surface area contributed by atoms with Gasteiger partial charge in [-0.25, -0.2) is 0 Å². The van der Waals surface area contributed by atoms with Gasteiger partial charge >= 0.3 is 17.9 Å². The summed E-state index contributed by atoms with van der Waals surface area (Å²) in [4.78, 5) is 35.9. The number of hydrogen-bond donors (Lipinski definition) is 5. The summed E-state index contributed by atoms with van der Waals surface area (Å²) in [6.45, 7) is 6.13. The van der Waals surface area contributed by atoms with Crippen LogP contribution in [-0.4, -0.2) is 80.1 Å².